The smallest absolute Gasteiger partial charge is 0.222 e. The van der Waals surface area contributed by atoms with Gasteiger partial charge in [0.25, 0.3) is 0 Å². The maximum absolute atomic E-state index is 11.8. The normalized spacial score (nSPS) is 27.0. The molecule has 0 radical (unpaired) electrons. The van der Waals surface area contributed by atoms with Crippen LogP contribution in [-0.4, -0.2) is 146 Å². The molecule has 6 aliphatic rings. The van der Waals surface area contributed by atoms with Crippen LogP contribution in [0.1, 0.15) is 106 Å². The largest absolute Gasteiger partial charge is 0.343 e. The Morgan fingerprint density at radius 2 is 1.04 bits per heavy atom. The molecule has 5 heterocycles. The summed E-state index contributed by atoms with van der Waals surface area (Å²) >= 11 is 0. The van der Waals surface area contributed by atoms with Crippen molar-refractivity contribution in [2.45, 2.75) is 112 Å². The highest BCUT2D eigenvalue weighted by Crippen LogP contribution is 2.46. The number of rotatable bonds is 10. The van der Waals surface area contributed by atoms with Crippen molar-refractivity contribution in [1.29, 1.82) is 0 Å². The van der Waals surface area contributed by atoms with Crippen LogP contribution in [0, 0.1) is 34.5 Å². The van der Waals surface area contributed by atoms with Gasteiger partial charge in [0, 0.05) is 104 Å². The second-order valence-electron chi connectivity index (χ2n) is 18.5. The van der Waals surface area contributed by atoms with Crippen LogP contribution in [0.2, 0.25) is 0 Å². The van der Waals surface area contributed by atoms with Crippen LogP contribution in [0.4, 0.5) is 0 Å². The van der Waals surface area contributed by atoms with Gasteiger partial charge in [-0.2, -0.15) is 0 Å². The van der Waals surface area contributed by atoms with Gasteiger partial charge in [-0.15, -0.1) is 0 Å². The van der Waals surface area contributed by atoms with Crippen LogP contribution in [-0.2, 0) is 4.79 Å². The Kier molecular flexibility index (Phi) is 13.6. The van der Waals surface area contributed by atoms with Crippen molar-refractivity contribution in [3.63, 3.8) is 0 Å². The summed E-state index contributed by atoms with van der Waals surface area (Å²) in [6.07, 6.45) is 11.8. The summed E-state index contributed by atoms with van der Waals surface area (Å²) in [6, 6.07) is 0.750. The number of hydrogen-bond acceptors (Lipinski definition) is 6. The SMILES string of the molecule is CC(C)CN1CCN(CC2CCC3(CC2)CN(C(C)C)C3)CC1.CCC(=O)N1CCC2(CC1)CN(CC1CCN(CC(C)C)CC1)C2. The summed E-state index contributed by atoms with van der Waals surface area (Å²) in [4.78, 5) is 27.3. The van der Waals surface area contributed by atoms with Crippen molar-refractivity contribution < 1.29 is 4.79 Å². The summed E-state index contributed by atoms with van der Waals surface area (Å²) in [6.45, 7) is 36.3. The van der Waals surface area contributed by atoms with Crippen molar-refractivity contribution in [3.05, 3.63) is 0 Å². The minimum absolute atomic E-state index is 0.342. The highest BCUT2D eigenvalue weighted by Gasteiger charge is 2.46. The fraction of sp³-hybridized carbons (Fsp3) is 0.975. The lowest BCUT2D eigenvalue weighted by Gasteiger charge is -2.55. The van der Waals surface area contributed by atoms with Gasteiger partial charge in [0.2, 0.25) is 5.91 Å². The second kappa shape index (κ2) is 17.0. The monoisotopic (exact) mass is 657 g/mol. The van der Waals surface area contributed by atoms with Gasteiger partial charge < -0.3 is 24.5 Å². The lowest BCUT2D eigenvalue weighted by Crippen LogP contribution is -2.61. The third kappa shape index (κ3) is 10.6. The molecular formula is C40H76N6O. The van der Waals surface area contributed by atoms with Gasteiger partial charge in [-0.3, -0.25) is 9.69 Å². The molecule has 7 heteroatoms. The standard InChI is InChI=1S/C20H37N3O.C20H39N3/c1-4-19(24)23-11-7-20(8-12-23)15-22(16-20)14-18-5-9-21(10-6-18)13-17(2)3;1-17(2)13-21-9-11-22(12-10-21)14-19-5-7-20(8-6-19)15-23(16-20)18(3)4/h17-18H,4-16H2,1-3H3;17-19H,5-16H2,1-4H3. The quantitative estimate of drug-likeness (QED) is 0.294. The highest BCUT2D eigenvalue weighted by molar-refractivity contribution is 5.75. The summed E-state index contributed by atoms with van der Waals surface area (Å²) in [5.74, 6) is 3.83. The molecule has 1 saturated carbocycles. The van der Waals surface area contributed by atoms with Gasteiger partial charge in [-0.1, -0.05) is 34.6 Å². The first-order chi connectivity index (χ1) is 22.4. The van der Waals surface area contributed by atoms with E-state index in [-0.39, 0.29) is 0 Å². The molecule has 272 valence electrons. The number of hydrogen-bond donors (Lipinski definition) is 0. The minimum atomic E-state index is 0.342. The van der Waals surface area contributed by atoms with E-state index in [1.807, 2.05) is 6.92 Å². The first-order valence-corrected chi connectivity index (χ1v) is 20.4. The van der Waals surface area contributed by atoms with Crippen molar-refractivity contribution in [2.75, 3.05) is 105 Å². The summed E-state index contributed by atoms with van der Waals surface area (Å²) < 4.78 is 0. The number of carbonyl (C=O) groups excluding carboxylic acids is 1. The molecule has 47 heavy (non-hydrogen) atoms. The van der Waals surface area contributed by atoms with Gasteiger partial charge in [0.1, 0.15) is 0 Å². The Morgan fingerprint density at radius 1 is 0.574 bits per heavy atom. The zero-order chi connectivity index (χ0) is 33.6. The van der Waals surface area contributed by atoms with Gasteiger partial charge in [0.15, 0.2) is 0 Å². The number of nitrogens with zero attached hydrogens (tertiary/aromatic N) is 6. The van der Waals surface area contributed by atoms with E-state index in [2.05, 4.69) is 70.9 Å². The molecule has 0 bridgehead atoms. The fourth-order valence-corrected chi connectivity index (χ4v) is 10.0. The Morgan fingerprint density at radius 3 is 1.55 bits per heavy atom. The molecule has 2 spiro atoms. The van der Waals surface area contributed by atoms with Gasteiger partial charge >= 0.3 is 0 Å². The fourth-order valence-electron chi connectivity index (χ4n) is 10.0. The topological polar surface area (TPSA) is 36.5 Å². The zero-order valence-corrected chi connectivity index (χ0v) is 32.2. The Labute approximate surface area is 291 Å². The molecule has 5 saturated heterocycles. The van der Waals surface area contributed by atoms with Crippen molar-refractivity contribution in [1.82, 2.24) is 29.4 Å². The summed E-state index contributed by atoms with van der Waals surface area (Å²) in [7, 11) is 0. The Bertz CT molecular complexity index is 920. The molecule has 0 aromatic rings. The van der Waals surface area contributed by atoms with Crippen LogP contribution in [0.15, 0.2) is 0 Å². The molecule has 0 atom stereocenters. The molecule has 6 rings (SSSR count). The van der Waals surface area contributed by atoms with E-state index in [1.165, 1.54) is 143 Å². The highest BCUT2D eigenvalue weighted by atomic mass is 16.2. The third-order valence-electron chi connectivity index (χ3n) is 13.0. The molecule has 5 aliphatic heterocycles. The zero-order valence-electron chi connectivity index (χ0n) is 32.2. The number of piperidine rings is 2. The van der Waals surface area contributed by atoms with Crippen molar-refractivity contribution >= 4 is 5.91 Å². The molecule has 0 unspecified atom stereocenters. The number of amides is 1. The molecule has 6 fully saturated rings. The van der Waals surface area contributed by atoms with Crippen LogP contribution >= 0.6 is 0 Å². The molecule has 0 N–H and O–H groups in total. The molecule has 7 nitrogen and oxygen atoms in total. The number of piperazine rings is 1. The Hall–Kier alpha value is -0.730. The molecule has 1 amide bonds. The molecular weight excluding hydrogens is 580 g/mol. The van der Waals surface area contributed by atoms with Crippen LogP contribution in [0.5, 0.6) is 0 Å². The maximum atomic E-state index is 11.8. The predicted molar refractivity (Wildman–Crippen MR) is 198 cm³/mol. The minimum Gasteiger partial charge on any atom is -0.343 e. The van der Waals surface area contributed by atoms with Gasteiger partial charge in [-0.05, 0) is 113 Å². The van der Waals surface area contributed by atoms with Gasteiger partial charge in [0.05, 0.1) is 0 Å². The van der Waals surface area contributed by atoms with Crippen molar-refractivity contribution in [2.24, 2.45) is 34.5 Å². The van der Waals surface area contributed by atoms with E-state index >= 15 is 0 Å². The lowest BCUT2D eigenvalue weighted by molar-refractivity contribution is -0.136. The van der Waals surface area contributed by atoms with Crippen LogP contribution in [0.3, 0.4) is 0 Å². The lowest BCUT2D eigenvalue weighted by atomic mass is 9.65. The molecule has 0 aromatic heterocycles. The van der Waals surface area contributed by atoms with E-state index < -0.39 is 0 Å². The number of carbonyl (C=O) groups is 1. The van der Waals surface area contributed by atoms with E-state index in [1.54, 1.807) is 0 Å². The summed E-state index contributed by atoms with van der Waals surface area (Å²) in [5.41, 5.74) is 1.26. The van der Waals surface area contributed by atoms with E-state index in [0.717, 1.165) is 48.2 Å². The average molecular weight is 657 g/mol. The van der Waals surface area contributed by atoms with Gasteiger partial charge in [-0.25, -0.2) is 0 Å². The first kappa shape index (κ1) is 37.5. The second-order valence-corrected chi connectivity index (χ2v) is 18.5. The Balaban J connectivity index is 0.000000185. The summed E-state index contributed by atoms with van der Waals surface area (Å²) in [5, 5.41) is 0. The van der Waals surface area contributed by atoms with E-state index in [9.17, 15) is 4.79 Å². The molecule has 0 aromatic carbocycles. The number of likely N-dealkylation sites (tertiary alicyclic amines) is 4. The predicted octanol–water partition coefficient (Wildman–Crippen LogP) is 5.85. The van der Waals surface area contributed by atoms with E-state index in [0.29, 0.717) is 17.7 Å². The van der Waals surface area contributed by atoms with Crippen LogP contribution < -0.4 is 0 Å². The third-order valence-corrected chi connectivity index (χ3v) is 13.0. The van der Waals surface area contributed by atoms with E-state index in [4.69, 9.17) is 0 Å². The van der Waals surface area contributed by atoms with Crippen molar-refractivity contribution in [3.8, 4) is 0 Å². The molecule has 1 aliphatic carbocycles. The maximum Gasteiger partial charge on any atom is 0.222 e. The first-order valence-electron chi connectivity index (χ1n) is 20.4. The van der Waals surface area contributed by atoms with Crippen LogP contribution in [0.25, 0.3) is 0 Å². The average Bonchev–Trinajstić information content (AvgIpc) is 3.01.